The number of benzene rings is 1. The number of non-ortho nitro benzene ring substituents is 1. The molecule has 0 bridgehead atoms. The highest BCUT2D eigenvalue weighted by Gasteiger charge is 2.30. The molecule has 0 amide bonds. The van der Waals surface area contributed by atoms with Gasteiger partial charge < -0.3 is 10.0 Å². The maximum atomic E-state index is 10.6. The molecule has 0 radical (unpaired) electrons. The molecule has 1 heterocycles. The second-order valence-electron chi connectivity index (χ2n) is 4.26. The highest BCUT2D eigenvalue weighted by atomic mass is 127. The number of hydrogen-bond acceptors (Lipinski definition) is 4. The third kappa shape index (κ3) is 2.71. The third-order valence-corrected chi connectivity index (χ3v) is 3.77. The van der Waals surface area contributed by atoms with Gasteiger partial charge in [-0.3, -0.25) is 14.9 Å². The van der Waals surface area contributed by atoms with Crippen LogP contribution in [0.4, 0.5) is 11.4 Å². The quantitative estimate of drug-likeness (QED) is 0.504. The first-order chi connectivity index (χ1) is 8.47. The Morgan fingerprint density at radius 1 is 1.56 bits per heavy atom. The molecular formula is C11H11IN2O4. The number of carboxylic acids is 1. The van der Waals surface area contributed by atoms with E-state index in [9.17, 15) is 14.9 Å². The molecule has 96 valence electrons. The number of nitro benzene ring substituents is 1. The zero-order valence-electron chi connectivity index (χ0n) is 9.38. The molecule has 1 fully saturated rings. The fraction of sp³-hybridized carbons (Fsp3) is 0.364. The molecule has 1 aromatic carbocycles. The average Bonchev–Trinajstić information content (AvgIpc) is 2.23. The first-order valence-electron chi connectivity index (χ1n) is 5.38. The van der Waals surface area contributed by atoms with Gasteiger partial charge in [0.25, 0.3) is 5.69 Å². The number of rotatable bonds is 4. The Balaban J connectivity index is 2.04. The summed E-state index contributed by atoms with van der Waals surface area (Å²) in [5, 5.41) is 19.3. The highest BCUT2D eigenvalue weighted by Crippen LogP contribution is 2.32. The zero-order valence-corrected chi connectivity index (χ0v) is 11.5. The summed E-state index contributed by atoms with van der Waals surface area (Å²) < 4.78 is 0.815. The van der Waals surface area contributed by atoms with E-state index < -0.39 is 10.9 Å². The Bertz CT molecular complexity index is 500. The first-order valence-corrected chi connectivity index (χ1v) is 6.46. The van der Waals surface area contributed by atoms with Gasteiger partial charge in [0.1, 0.15) is 0 Å². The summed E-state index contributed by atoms with van der Waals surface area (Å²) in [6.45, 7) is 1.39. The van der Waals surface area contributed by atoms with Crippen molar-refractivity contribution < 1.29 is 14.8 Å². The van der Waals surface area contributed by atoms with Crippen LogP contribution < -0.4 is 4.90 Å². The fourth-order valence-electron chi connectivity index (χ4n) is 2.01. The Hall–Kier alpha value is -1.38. The van der Waals surface area contributed by atoms with Crippen molar-refractivity contribution in [3.63, 3.8) is 0 Å². The van der Waals surface area contributed by atoms with Crippen LogP contribution in [0, 0.1) is 19.6 Å². The summed E-state index contributed by atoms with van der Waals surface area (Å²) in [4.78, 5) is 22.8. The van der Waals surface area contributed by atoms with Crippen LogP contribution in [-0.2, 0) is 4.79 Å². The Labute approximate surface area is 117 Å². The summed E-state index contributed by atoms with van der Waals surface area (Å²) >= 11 is 2.06. The van der Waals surface area contributed by atoms with Crippen molar-refractivity contribution in [3.05, 3.63) is 31.9 Å². The molecule has 1 aliphatic rings. The highest BCUT2D eigenvalue weighted by molar-refractivity contribution is 14.1. The van der Waals surface area contributed by atoms with Crippen LogP contribution in [-0.4, -0.2) is 29.1 Å². The molecule has 6 nitrogen and oxygen atoms in total. The van der Waals surface area contributed by atoms with Crippen molar-refractivity contribution in [2.75, 3.05) is 18.0 Å². The minimum absolute atomic E-state index is 0.0748. The zero-order chi connectivity index (χ0) is 13.3. The average molecular weight is 362 g/mol. The van der Waals surface area contributed by atoms with Gasteiger partial charge in [-0.15, -0.1) is 0 Å². The molecule has 0 saturated carbocycles. The maximum absolute atomic E-state index is 10.6. The summed E-state index contributed by atoms with van der Waals surface area (Å²) in [6.07, 6.45) is 0.181. The molecule has 1 N–H and O–H groups in total. The van der Waals surface area contributed by atoms with E-state index in [1.54, 1.807) is 6.07 Å². The standard InChI is InChI=1S/C11H11IN2O4/c12-9-4-8(14(17)18)1-2-10(9)13-5-7(6-13)3-11(15)16/h1-2,4,7H,3,5-6H2,(H,15,16). The van der Waals surface area contributed by atoms with Crippen molar-refractivity contribution in [3.8, 4) is 0 Å². The van der Waals surface area contributed by atoms with Crippen molar-refractivity contribution in [2.45, 2.75) is 6.42 Å². The Kier molecular flexibility index (Phi) is 3.69. The molecule has 1 aliphatic heterocycles. The van der Waals surface area contributed by atoms with Gasteiger partial charge in [0.15, 0.2) is 0 Å². The molecule has 0 atom stereocenters. The van der Waals surface area contributed by atoms with E-state index in [2.05, 4.69) is 22.6 Å². The summed E-state index contributed by atoms with van der Waals surface area (Å²) in [6, 6.07) is 4.72. The first kappa shape index (κ1) is 13.1. The van der Waals surface area contributed by atoms with Crippen molar-refractivity contribution in [1.29, 1.82) is 0 Å². The minimum atomic E-state index is -0.780. The topological polar surface area (TPSA) is 83.7 Å². The third-order valence-electron chi connectivity index (χ3n) is 2.90. The number of hydrogen-bond donors (Lipinski definition) is 1. The lowest BCUT2D eigenvalue weighted by Gasteiger charge is -2.40. The van der Waals surface area contributed by atoms with Gasteiger partial charge in [0.05, 0.1) is 17.0 Å². The second-order valence-corrected chi connectivity index (χ2v) is 5.42. The minimum Gasteiger partial charge on any atom is -0.481 e. The lowest BCUT2D eigenvalue weighted by Crippen LogP contribution is -2.47. The van der Waals surface area contributed by atoms with E-state index in [1.165, 1.54) is 12.1 Å². The summed E-state index contributed by atoms with van der Waals surface area (Å²) in [5.41, 5.74) is 1.01. The van der Waals surface area contributed by atoms with E-state index >= 15 is 0 Å². The molecule has 7 heteroatoms. The van der Waals surface area contributed by atoms with Gasteiger partial charge >= 0.3 is 5.97 Å². The van der Waals surface area contributed by atoms with Crippen LogP contribution in [0.5, 0.6) is 0 Å². The fourth-order valence-corrected chi connectivity index (χ4v) is 2.85. The van der Waals surface area contributed by atoms with E-state index in [4.69, 9.17) is 5.11 Å². The molecular weight excluding hydrogens is 351 g/mol. The monoisotopic (exact) mass is 362 g/mol. The van der Waals surface area contributed by atoms with Crippen LogP contribution in [0.2, 0.25) is 0 Å². The van der Waals surface area contributed by atoms with Gasteiger partial charge in [-0.25, -0.2) is 0 Å². The molecule has 0 aromatic heterocycles. The number of nitro groups is 1. The van der Waals surface area contributed by atoms with Crippen LogP contribution in [0.25, 0.3) is 0 Å². The predicted octanol–water partition coefficient (Wildman–Crippen LogP) is 2.11. The van der Waals surface area contributed by atoms with Crippen molar-refractivity contribution in [2.24, 2.45) is 5.92 Å². The summed E-state index contributed by atoms with van der Waals surface area (Å²) in [7, 11) is 0. The SMILES string of the molecule is O=C(O)CC1CN(c2ccc([N+](=O)[O-])cc2I)C1. The van der Waals surface area contributed by atoms with E-state index in [1.807, 2.05) is 4.90 Å². The van der Waals surface area contributed by atoms with Gasteiger partial charge in [-0.2, -0.15) is 0 Å². The largest absolute Gasteiger partial charge is 0.481 e. The molecule has 0 aliphatic carbocycles. The molecule has 18 heavy (non-hydrogen) atoms. The number of aliphatic carboxylic acids is 1. The normalized spacial score (nSPS) is 15.3. The van der Waals surface area contributed by atoms with Crippen LogP contribution in [0.1, 0.15) is 6.42 Å². The molecule has 2 rings (SSSR count). The Morgan fingerprint density at radius 2 is 2.22 bits per heavy atom. The van der Waals surface area contributed by atoms with Crippen LogP contribution in [0.3, 0.4) is 0 Å². The van der Waals surface area contributed by atoms with Crippen molar-refractivity contribution >= 4 is 39.9 Å². The smallest absolute Gasteiger partial charge is 0.303 e. The van der Waals surface area contributed by atoms with E-state index in [0.717, 1.165) is 9.26 Å². The maximum Gasteiger partial charge on any atom is 0.303 e. The van der Waals surface area contributed by atoms with Gasteiger partial charge in [-0.05, 0) is 28.7 Å². The number of anilines is 1. The molecule has 0 spiro atoms. The lowest BCUT2D eigenvalue weighted by molar-refractivity contribution is -0.384. The number of halogens is 1. The Morgan fingerprint density at radius 3 is 2.72 bits per heavy atom. The summed E-state index contributed by atoms with van der Waals surface area (Å²) in [5.74, 6) is -0.605. The van der Waals surface area contributed by atoms with Crippen LogP contribution in [0.15, 0.2) is 18.2 Å². The van der Waals surface area contributed by atoms with E-state index in [0.29, 0.717) is 13.1 Å². The number of nitrogens with zero attached hydrogens (tertiary/aromatic N) is 2. The number of carbonyl (C=O) groups is 1. The molecule has 1 aromatic rings. The predicted molar refractivity (Wildman–Crippen MR) is 73.8 cm³/mol. The molecule has 1 saturated heterocycles. The van der Waals surface area contributed by atoms with Gasteiger partial charge in [-0.1, -0.05) is 0 Å². The number of carboxylic acid groups (broad SMARTS) is 1. The second kappa shape index (κ2) is 5.09. The van der Waals surface area contributed by atoms with E-state index in [-0.39, 0.29) is 18.0 Å². The van der Waals surface area contributed by atoms with Gasteiger partial charge in [0, 0.05) is 34.7 Å². The van der Waals surface area contributed by atoms with Crippen molar-refractivity contribution in [1.82, 2.24) is 0 Å². The van der Waals surface area contributed by atoms with Crippen LogP contribution >= 0.6 is 22.6 Å². The lowest BCUT2D eigenvalue weighted by atomic mass is 9.95. The van der Waals surface area contributed by atoms with Gasteiger partial charge in [0.2, 0.25) is 0 Å². The molecule has 0 unspecified atom stereocenters.